The molecule has 0 aliphatic heterocycles. The maximum atomic E-state index is 11.0. The van der Waals surface area contributed by atoms with Crippen LogP contribution in [0.25, 0.3) is 11.4 Å². The van der Waals surface area contributed by atoms with Crippen LogP contribution in [0.3, 0.4) is 0 Å². The van der Waals surface area contributed by atoms with Gasteiger partial charge in [0.1, 0.15) is 17.0 Å². The van der Waals surface area contributed by atoms with Crippen molar-refractivity contribution in [1.82, 2.24) is 10.1 Å². The summed E-state index contributed by atoms with van der Waals surface area (Å²) in [6.07, 6.45) is 0. The minimum atomic E-state index is -1.06. The number of carbonyl (C=O) groups is 1. The summed E-state index contributed by atoms with van der Waals surface area (Å²) >= 11 is 0. The zero-order valence-corrected chi connectivity index (χ0v) is 8.89. The van der Waals surface area contributed by atoms with Crippen molar-refractivity contribution >= 4 is 5.97 Å². The number of hydrogen-bond donors (Lipinski definition) is 1. The van der Waals surface area contributed by atoms with Gasteiger partial charge in [0.05, 0.1) is 5.69 Å². The van der Waals surface area contributed by atoms with Crippen molar-refractivity contribution < 1.29 is 14.4 Å². The Hall–Kier alpha value is -2.17. The lowest BCUT2D eigenvalue weighted by molar-refractivity contribution is 0.0695. The Morgan fingerprint density at radius 3 is 2.75 bits per heavy atom. The molecule has 2 rings (SSSR count). The second-order valence-corrected chi connectivity index (χ2v) is 3.43. The van der Waals surface area contributed by atoms with Crippen molar-refractivity contribution in [2.45, 2.75) is 13.8 Å². The quantitative estimate of drug-likeness (QED) is 0.834. The predicted molar refractivity (Wildman–Crippen MR) is 56.2 cm³/mol. The average molecular weight is 218 g/mol. The van der Waals surface area contributed by atoms with Gasteiger partial charge in [0.25, 0.3) is 0 Å². The highest BCUT2D eigenvalue weighted by Gasteiger charge is 2.21. The van der Waals surface area contributed by atoms with Crippen molar-refractivity contribution in [3.8, 4) is 11.4 Å². The van der Waals surface area contributed by atoms with Crippen LogP contribution in [-0.2, 0) is 0 Å². The van der Waals surface area contributed by atoms with Gasteiger partial charge in [-0.2, -0.15) is 0 Å². The smallest absolute Gasteiger partial charge is 0.341 e. The number of pyridine rings is 1. The molecule has 0 aliphatic carbocycles. The molecule has 5 nitrogen and oxygen atoms in total. The summed E-state index contributed by atoms with van der Waals surface area (Å²) in [6.45, 7) is 3.40. The number of aromatic nitrogens is 2. The largest absolute Gasteiger partial charge is 0.477 e. The molecule has 0 amide bonds. The van der Waals surface area contributed by atoms with E-state index in [2.05, 4.69) is 10.1 Å². The van der Waals surface area contributed by atoms with Crippen LogP contribution in [0.5, 0.6) is 0 Å². The molecule has 2 heterocycles. The summed E-state index contributed by atoms with van der Waals surface area (Å²) in [6, 6.07) is 5.33. The average Bonchev–Trinajstić information content (AvgIpc) is 2.60. The molecule has 0 radical (unpaired) electrons. The van der Waals surface area contributed by atoms with Crippen LogP contribution in [0, 0.1) is 13.8 Å². The van der Waals surface area contributed by atoms with Gasteiger partial charge in [0.2, 0.25) is 0 Å². The number of hydrogen-bond acceptors (Lipinski definition) is 4. The second kappa shape index (κ2) is 3.77. The van der Waals surface area contributed by atoms with E-state index in [4.69, 9.17) is 9.63 Å². The molecule has 82 valence electrons. The van der Waals surface area contributed by atoms with Crippen molar-refractivity contribution in [3.05, 3.63) is 35.2 Å². The molecule has 2 aromatic heterocycles. The minimum Gasteiger partial charge on any atom is -0.477 e. The molecule has 0 aromatic carbocycles. The molecule has 0 fully saturated rings. The van der Waals surface area contributed by atoms with E-state index in [-0.39, 0.29) is 17.0 Å². The Morgan fingerprint density at radius 1 is 1.38 bits per heavy atom. The van der Waals surface area contributed by atoms with Crippen LogP contribution in [0.4, 0.5) is 0 Å². The fourth-order valence-corrected chi connectivity index (χ4v) is 1.47. The van der Waals surface area contributed by atoms with Gasteiger partial charge in [0.15, 0.2) is 0 Å². The molecule has 0 spiro atoms. The van der Waals surface area contributed by atoms with E-state index < -0.39 is 5.97 Å². The van der Waals surface area contributed by atoms with E-state index >= 15 is 0 Å². The standard InChI is InChI=1S/C11H10N2O3/c1-6-4-3-5-8(12-6)10-9(11(14)15)7(2)16-13-10/h3-5H,1-2H3,(H,14,15). The van der Waals surface area contributed by atoms with Gasteiger partial charge >= 0.3 is 5.97 Å². The fraction of sp³-hybridized carbons (Fsp3) is 0.182. The summed E-state index contributed by atoms with van der Waals surface area (Å²) in [5.41, 5.74) is 1.65. The molecule has 2 aromatic rings. The van der Waals surface area contributed by atoms with Crippen LogP contribution in [0.2, 0.25) is 0 Å². The number of carboxylic acids is 1. The van der Waals surface area contributed by atoms with Gasteiger partial charge < -0.3 is 9.63 Å². The summed E-state index contributed by atoms with van der Waals surface area (Å²) in [5.74, 6) is -0.775. The van der Waals surface area contributed by atoms with Gasteiger partial charge in [-0.15, -0.1) is 0 Å². The molecule has 1 N–H and O–H groups in total. The van der Waals surface area contributed by atoms with Crippen molar-refractivity contribution in [2.24, 2.45) is 0 Å². The molecular formula is C11H10N2O3. The fourth-order valence-electron chi connectivity index (χ4n) is 1.47. The van der Waals surface area contributed by atoms with Crippen molar-refractivity contribution in [2.75, 3.05) is 0 Å². The van der Waals surface area contributed by atoms with Gasteiger partial charge in [-0.1, -0.05) is 11.2 Å². The summed E-state index contributed by atoms with van der Waals surface area (Å²) in [7, 11) is 0. The van der Waals surface area contributed by atoms with E-state index in [0.29, 0.717) is 5.69 Å². The number of aromatic carboxylic acids is 1. The normalized spacial score (nSPS) is 10.4. The Labute approximate surface area is 91.7 Å². The van der Waals surface area contributed by atoms with E-state index in [1.54, 1.807) is 19.1 Å². The van der Waals surface area contributed by atoms with Gasteiger partial charge in [-0.05, 0) is 26.0 Å². The first kappa shape index (κ1) is 10.4. The lowest BCUT2D eigenvalue weighted by Crippen LogP contribution is -2.00. The number of aryl methyl sites for hydroxylation is 2. The van der Waals surface area contributed by atoms with Crippen LogP contribution in [-0.4, -0.2) is 21.2 Å². The SMILES string of the molecule is Cc1cccc(-c2noc(C)c2C(=O)O)n1. The Balaban J connectivity index is 2.60. The maximum Gasteiger partial charge on any atom is 0.341 e. The molecule has 0 atom stereocenters. The monoisotopic (exact) mass is 218 g/mol. The van der Waals surface area contributed by atoms with Crippen LogP contribution >= 0.6 is 0 Å². The minimum absolute atomic E-state index is 0.0677. The lowest BCUT2D eigenvalue weighted by Gasteiger charge is -1.98. The zero-order chi connectivity index (χ0) is 11.7. The number of carboxylic acid groups (broad SMARTS) is 1. The Kier molecular flexibility index (Phi) is 2.44. The van der Waals surface area contributed by atoms with Crippen LogP contribution in [0.15, 0.2) is 22.7 Å². The highest BCUT2D eigenvalue weighted by molar-refractivity contribution is 5.95. The molecule has 5 heteroatoms. The first-order valence-electron chi connectivity index (χ1n) is 4.73. The molecule has 0 unspecified atom stereocenters. The third-order valence-electron chi connectivity index (χ3n) is 2.21. The molecule has 0 aliphatic rings. The summed E-state index contributed by atoms with van der Waals surface area (Å²) < 4.78 is 4.88. The third-order valence-corrected chi connectivity index (χ3v) is 2.21. The highest BCUT2D eigenvalue weighted by atomic mass is 16.5. The van der Waals surface area contributed by atoms with E-state index in [0.717, 1.165) is 5.69 Å². The van der Waals surface area contributed by atoms with Gasteiger partial charge in [-0.3, -0.25) is 4.98 Å². The molecule has 0 saturated carbocycles. The van der Waals surface area contributed by atoms with Crippen molar-refractivity contribution in [3.63, 3.8) is 0 Å². The second-order valence-electron chi connectivity index (χ2n) is 3.43. The Bertz CT molecular complexity index is 546. The van der Waals surface area contributed by atoms with Gasteiger partial charge in [0, 0.05) is 5.69 Å². The first-order valence-corrected chi connectivity index (χ1v) is 4.73. The zero-order valence-electron chi connectivity index (χ0n) is 8.89. The lowest BCUT2D eigenvalue weighted by atomic mass is 10.1. The van der Waals surface area contributed by atoms with E-state index in [1.807, 2.05) is 13.0 Å². The summed E-state index contributed by atoms with van der Waals surface area (Å²) in [4.78, 5) is 15.2. The Morgan fingerprint density at radius 2 is 2.12 bits per heavy atom. The third kappa shape index (κ3) is 1.67. The van der Waals surface area contributed by atoms with Gasteiger partial charge in [-0.25, -0.2) is 4.79 Å². The maximum absolute atomic E-state index is 11.0. The topological polar surface area (TPSA) is 76.2 Å². The molecular weight excluding hydrogens is 208 g/mol. The van der Waals surface area contributed by atoms with Crippen LogP contribution in [0.1, 0.15) is 21.8 Å². The molecule has 16 heavy (non-hydrogen) atoms. The van der Waals surface area contributed by atoms with E-state index in [1.165, 1.54) is 0 Å². The highest BCUT2D eigenvalue weighted by Crippen LogP contribution is 2.23. The number of rotatable bonds is 2. The van der Waals surface area contributed by atoms with Crippen molar-refractivity contribution in [1.29, 1.82) is 0 Å². The summed E-state index contributed by atoms with van der Waals surface area (Å²) in [5, 5.41) is 12.8. The first-order chi connectivity index (χ1) is 7.59. The predicted octanol–water partition coefficient (Wildman–Crippen LogP) is 2.05. The van der Waals surface area contributed by atoms with Crippen LogP contribution < -0.4 is 0 Å². The van der Waals surface area contributed by atoms with E-state index in [9.17, 15) is 4.79 Å². The molecule has 0 saturated heterocycles. The molecule has 0 bridgehead atoms. The number of nitrogens with zero attached hydrogens (tertiary/aromatic N) is 2.